The van der Waals surface area contributed by atoms with Gasteiger partial charge in [-0.25, -0.2) is 4.79 Å². The first-order chi connectivity index (χ1) is 5.29. The number of nitrogens with zero attached hydrogens (tertiary/aromatic N) is 1. The molecule has 0 spiro atoms. The van der Waals surface area contributed by atoms with Gasteiger partial charge in [-0.05, 0) is 10.2 Å². The second-order valence-corrected chi connectivity index (χ2v) is 3.82. The van der Waals surface area contributed by atoms with Gasteiger partial charge in [-0.3, -0.25) is 0 Å². The molecule has 3 nitrogen and oxygen atoms in total. The maximum Gasteiger partial charge on any atom is 0.345 e. The Bertz CT molecular complexity index is 338. The van der Waals surface area contributed by atoms with E-state index in [9.17, 15) is 4.79 Å². The normalized spacial score (nSPS) is 21.5. The van der Waals surface area contributed by atoms with Crippen molar-refractivity contribution >= 4 is 27.0 Å². The molecule has 0 aromatic rings. The summed E-state index contributed by atoms with van der Waals surface area (Å²) in [5, 5.41) is 0. The fourth-order valence-corrected chi connectivity index (χ4v) is 2.13. The Morgan fingerprint density at radius 2 is 2.45 bits per heavy atom. The molecule has 0 aliphatic carbocycles. The molecule has 0 unspecified atom stereocenters. The van der Waals surface area contributed by atoms with Gasteiger partial charge in [0.2, 0.25) is 5.88 Å². The third kappa shape index (κ3) is 0.973. The van der Waals surface area contributed by atoms with Crippen molar-refractivity contribution in [2.75, 3.05) is 0 Å². The van der Waals surface area contributed by atoms with Crippen LogP contribution in [0.3, 0.4) is 0 Å². The van der Waals surface area contributed by atoms with Gasteiger partial charge in [-0.2, -0.15) is 3.15 Å². The van der Waals surface area contributed by atoms with E-state index in [1.54, 1.807) is 0 Å². The molecule has 0 saturated heterocycles. The summed E-state index contributed by atoms with van der Waals surface area (Å²) in [6.45, 7) is 3.59. The number of carbonyl (C=O) groups excluding carboxylic acids is 1. The van der Waals surface area contributed by atoms with Crippen molar-refractivity contribution in [1.29, 1.82) is 0 Å². The molecule has 11 heavy (non-hydrogen) atoms. The van der Waals surface area contributed by atoms with Crippen molar-refractivity contribution in [2.45, 2.75) is 0 Å². The number of rotatable bonds is 0. The van der Waals surface area contributed by atoms with Crippen LogP contribution in [0.2, 0.25) is 0 Å². The summed E-state index contributed by atoms with van der Waals surface area (Å²) in [4.78, 5) is 10.9. The lowest BCUT2D eigenvalue weighted by atomic mass is 10.1. The average Bonchev–Trinajstić information content (AvgIpc) is 2.30. The van der Waals surface area contributed by atoms with Gasteiger partial charge in [0, 0.05) is 21.0 Å². The van der Waals surface area contributed by atoms with Gasteiger partial charge in [0.15, 0.2) is 0 Å². The van der Waals surface area contributed by atoms with Gasteiger partial charge < -0.3 is 4.74 Å². The van der Waals surface area contributed by atoms with E-state index in [4.69, 9.17) is 4.74 Å². The van der Waals surface area contributed by atoms with Crippen molar-refractivity contribution in [1.82, 2.24) is 0 Å². The van der Waals surface area contributed by atoms with E-state index in [2.05, 4.69) is 9.72 Å². The highest BCUT2D eigenvalue weighted by Crippen LogP contribution is 2.32. The van der Waals surface area contributed by atoms with E-state index in [1.165, 1.54) is 0 Å². The Morgan fingerprint density at radius 3 is 3.18 bits per heavy atom. The van der Waals surface area contributed by atoms with Crippen LogP contribution in [0.25, 0.3) is 0 Å². The second kappa shape index (κ2) is 2.37. The van der Waals surface area contributed by atoms with E-state index >= 15 is 0 Å². The van der Waals surface area contributed by atoms with Crippen LogP contribution in [0.4, 0.5) is 0 Å². The fourth-order valence-electron chi connectivity index (χ4n) is 0.842. The predicted octanol–water partition coefficient (Wildman–Crippen LogP) is 1.99. The lowest BCUT2D eigenvalue weighted by molar-refractivity contribution is -0.133. The van der Waals surface area contributed by atoms with Crippen LogP contribution in [0.15, 0.2) is 36.9 Å². The van der Waals surface area contributed by atoms with Crippen LogP contribution >= 0.6 is 21.0 Å². The Hall–Kier alpha value is -0.780. The molecule has 0 bridgehead atoms. The minimum Gasteiger partial charge on any atom is -0.403 e. The molecular weight excluding hydrogens is 257 g/mol. The lowest BCUT2D eigenvalue weighted by Crippen LogP contribution is -1.95. The van der Waals surface area contributed by atoms with E-state index in [1.807, 2.05) is 10.2 Å². The van der Waals surface area contributed by atoms with Crippen LogP contribution in [-0.4, -0.2) is 5.97 Å². The number of carbonyl (C=O) groups is 1. The van der Waals surface area contributed by atoms with Crippen molar-refractivity contribution in [3.05, 3.63) is 33.8 Å². The van der Waals surface area contributed by atoms with Crippen LogP contribution in [0.1, 0.15) is 0 Å². The average molecular weight is 261 g/mol. The molecule has 2 heterocycles. The third-order valence-corrected chi connectivity index (χ3v) is 2.80. The Morgan fingerprint density at radius 1 is 1.64 bits per heavy atom. The molecule has 0 atom stereocenters. The molecule has 0 radical (unpaired) electrons. The number of hydrogen-bond donors (Lipinski definition) is 0. The van der Waals surface area contributed by atoms with Gasteiger partial charge in [0.05, 0.1) is 11.1 Å². The Balaban J connectivity index is 2.53. The Kier molecular flexibility index (Phi) is 1.49. The molecule has 56 valence electrons. The minimum absolute atomic E-state index is 0.290. The van der Waals surface area contributed by atoms with Crippen molar-refractivity contribution in [3.63, 3.8) is 0 Å². The first-order valence-corrected chi connectivity index (χ1v) is 5.16. The maximum absolute atomic E-state index is 10.9. The van der Waals surface area contributed by atoms with Crippen molar-refractivity contribution in [2.24, 2.45) is 3.15 Å². The topological polar surface area (TPSA) is 38.7 Å². The van der Waals surface area contributed by atoms with Gasteiger partial charge >= 0.3 is 5.97 Å². The van der Waals surface area contributed by atoms with E-state index in [-0.39, 0.29) is 27.0 Å². The minimum atomic E-state index is -0.366. The third-order valence-electron chi connectivity index (χ3n) is 1.40. The maximum atomic E-state index is 10.9. The van der Waals surface area contributed by atoms with Gasteiger partial charge in [-0.1, -0.05) is 6.58 Å². The second-order valence-electron chi connectivity index (χ2n) is 2.06. The molecule has 0 amide bonds. The van der Waals surface area contributed by atoms with Crippen molar-refractivity contribution < 1.29 is 9.53 Å². The predicted molar refractivity (Wildman–Crippen MR) is 47.8 cm³/mol. The quantitative estimate of drug-likeness (QED) is 0.380. The number of halogens is 1. The van der Waals surface area contributed by atoms with Crippen LogP contribution in [-0.2, 0) is 9.53 Å². The molecule has 2 aliphatic rings. The largest absolute Gasteiger partial charge is 0.403 e. The van der Waals surface area contributed by atoms with Gasteiger partial charge in [0.1, 0.15) is 0 Å². The highest BCUT2D eigenvalue weighted by molar-refractivity contribution is 14.2. The van der Waals surface area contributed by atoms with Gasteiger partial charge in [-0.15, -0.1) is 0 Å². The molecule has 0 N–H and O–H groups in total. The van der Waals surface area contributed by atoms with E-state index < -0.39 is 0 Å². The van der Waals surface area contributed by atoms with E-state index in [0.717, 1.165) is 5.57 Å². The van der Waals surface area contributed by atoms with Crippen LogP contribution < -0.4 is 0 Å². The smallest absolute Gasteiger partial charge is 0.345 e. The molecule has 0 fully saturated rings. The summed E-state index contributed by atoms with van der Waals surface area (Å²) in [5.41, 5.74) is 1.17. The summed E-state index contributed by atoms with van der Waals surface area (Å²) in [5.74, 6) is 0.101. The SMILES string of the molecule is C=C1C(=O)OC2=C1C=CI=N2. The molecule has 0 aromatic carbocycles. The van der Waals surface area contributed by atoms with E-state index in [0.29, 0.717) is 11.5 Å². The summed E-state index contributed by atoms with van der Waals surface area (Å²) < 4.78 is 10.9. The molecule has 0 saturated carbocycles. The standard InChI is InChI=1S/C7H4INO2/c1-4-5-2-3-8-9-6(5)11-7(4)10/h2-3H,1H2. The van der Waals surface area contributed by atoms with Gasteiger partial charge in [0.25, 0.3) is 0 Å². The number of esters is 1. The molecule has 0 aromatic heterocycles. The zero-order valence-electron chi connectivity index (χ0n) is 5.50. The molecule has 2 aliphatic heterocycles. The molecule has 2 rings (SSSR count). The first kappa shape index (κ1) is 6.90. The summed E-state index contributed by atoms with van der Waals surface area (Å²) in [6.07, 6.45) is 1.86. The highest BCUT2D eigenvalue weighted by Gasteiger charge is 2.27. The van der Waals surface area contributed by atoms with Crippen LogP contribution in [0, 0.1) is 0 Å². The zero-order chi connectivity index (χ0) is 7.84. The fraction of sp³-hybridized carbons (Fsp3) is 0. The highest BCUT2D eigenvalue weighted by atomic mass is 127. The lowest BCUT2D eigenvalue weighted by Gasteiger charge is -1.94. The first-order valence-electron chi connectivity index (χ1n) is 2.95. The number of hydrogen-bond acceptors (Lipinski definition) is 3. The molecular formula is C7H4INO2. The van der Waals surface area contributed by atoms with Crippen LogP contribution in [0.5, 0.6) is 0 Å². The summed E-state index contributed by atoms with van der Waals surface area (Å²) in [7, 11) is 0. The number of allylic oxidation sites excluding steroid dienone is 1. The summed E-state index contributed by atoms with van der Waals surface area (Å²) >= 11 is -0.290. The summed E-state index contributed by atoms with van der Waals surface area (Å²) in [6, 6.07) is 0. The van der Waals surface area contributed by atoms with Crippen molar-refractivity contribution in [3.8, 4) is 0 Å². The Labute approximate surface area is 73.6 Å². The monoisotopic (exact) mass is 261 g/mol. The zero-order valence-corrected chi connectivity index (χ0v) is 7.66. The molecule has 4 heteroatoms. The number of ether oxygens (including phenoxy) is 1.